The molecule has 1 aliphatic rings. The van der Waals surface area contributed by atoms with Crippen LogP contribution in [0.25, 0.3) is 0 Å². The van der Waals surface area contributed by atoms with Crippen molar-refractivity contribution in [2.24, 2.45) is 5.92 Å². The Morgan fingerprint density at radius 3 is 2.93 bits per heavy atom. The van der Waals surface area contributed by atoms with Crippen molar-refractivity contribution in [3.63, 3.8) is 0 Å². The third-order valence-corrected chi connectivity index (χ3v) is 4.32. The minimum atomic E-state index is -2.75. The Labute approximate surface area is 86.1 Å². The van der Waals surface area contributed by atoms with E-state index in [4.69, 9.17) is 4.74 Å². The summed E-state index contributed by atoms with van der Waals surface area (Å²) in [5.74, 6) is 1.03. The fourth-order valence-corrected chi connectivity index (χ4v) is 3.57. The largest absolute Gasteiger partial charge is 0.502 e. The number of allylic oxidation sites excluding steroid dienone is 1. The van der Waals surface area contributed by atoms with Gasteiger partial charge in [0.15, 0.2) is 9.84 Å². The maximum absolute atomic E-state index is 11.3. The molecule has 14 heavy (non-hydrogen) atoms. The number of ether oxygens (including phenoxy) is 1. The normalized spacial score (nSPS) is 26.5. The van der Waals surface area contributed by atoms with Crippen LogP contribution in [0.15, 0.2) is 12.3 Å². The highest BCUT2D eigenvalue weighted by Gasteiger charge is 2.24. The minimum Gasteiger partial charge on any atom is -0.502 e. The summed E-state index contributed by atoms with van der Waals surface area (Å²) in [5, 5.41) is 0. The second-order valence-electron chi connectivity index (χ2n) is 3.75. The van der Waals surface area contributed by atoms with E-state index in [1.165, 1.54) is 0 Å². The molecular weight excluding hydrogens is 200 g/mol. The molecule has 0 aromatic rings. The predicted molar refractivity (Wildman–Crippen MR) is 56.8 cm³/mol. The summed E-state index contributed by atoms with van der Waals surface area (Å²) in [6.07, 6.45) is 6.17. The first kappa shape index (κ1) is 11.6. The standard InChI is InChI=1S/C10H18O3S/c1-2-6-13-7-5-10-4-3-8-14(11,12)9-10/h2,6,10H,3-5,7-9H2,1H3/b6-2+. The Bertz CT molecular complexity index is 280. The van der Waals surface area contributed by atoms with Gasteiger partial charge in [0.25, 0.3) is 0 Å². The van der Waals surface area contributed by atoms with Crippen LogP contribution in [0.1, 0.15) is 26.2 Å². The van der Waals surface area contributed by atoms with Crippen LogP contribution in [-0.2, 0) is 14.6 Å². The summed E-state index contributed by atoms with van der Waals surface area (Å²) < 4.78 is 27.8. The van der Waals surface area contributed by atoms with Gasteiger partial charge >= 0.3 is 0 Å². The topological polar surface area (TPSA) is 43.4 Å². The molecule has 0 aromatic carbocycles. The van der Waals surface area contributed by atoms with Gasteiger partial charge in [-0.2, -0.15) is 0 Å². The summed E-state index contributed by atoms with van der Waals surface area (Å²) in [4.78, 5) is 0. The monoisotopic (exact) mass is 218 g/mol. The smallest absolute Gasteiger partial charge is 0.150 e. The number of hydrogen-bond donors (Lipinski definition) is 0. The summed E-state index contributed by atoms with van der Waals surface area (Å²) in [7, 11) is -2.75. The lowest BCUT2D eigenvalue weighted by Crippen LogP contribution is -2.25. The quantitative estimate of drug-likeness (QED) is 0.533. The van der Waals surface area contributed by atoms with Gasteiger partial charge < -0.3 is 4.74 Å². The summed E-state index contributed by atoms with van der Waals surface area (Å²) in [6, 6.07) is 0. The third kappa shape index (κ3) is 4.13. The molecule has 82 valence electrons. The number of hydrogen-bond acceptors (Lipinski definition) is 3. The van der Waals surface area contributed by atoms with Gasteiger partial charge in [0.2, 0.25) is 0 Å². The predicted octanol–water partition coefficient (Wildman–Crippen LogP) is 1.75. The van der Waals surface area contributed by atoms with Crippen molar-refractivity contribution in [3.8, 4) is 0 Å². The molecule has 0 spiro atoms. The highest BCUT2D eigenvalue weighted by Crippen LogP contribution is 2.21. The van der Waals surface area contributed by atoms with Crippen molar-refractivity contribution >= 4 is 9.84 Å². The Kier molecular flexibility index (Phi) is 4.45. The molecule has 1 atom stereocenters. The lowest BCUT2D eigenvalue weighted by molar-refractivity contribution is 0.221. The van der Waals surface area contributed by atoms with Crippen molar-refractivity contribution in [1.29, 1.82) is 0 Å². The molecule has 3 nitrogen and oxygen atoms in total. The molecule has 0 aromatic heterocycles. The molecule has 1 saturated heterocycles. The first-order valence-electron chi connectivity index (χ1n) is 5.07. The molecular formula is C10H18O3S. The molecule has 0 saturated carbocycles. The van der Waals surface area contributed by atoms with Crippen LogP contribution in [-0.4, -0.2) is 26.5 Å². The second-order valence-corrected chi connectivity index (χ2v) is 5.98. The van der Waals surface area contributed by atoms with Crippen molar-refractivity contribution < 1.29 is 13.2 Å². The van der Waals surface area contributed by atoms with E-state index in [2.05, 4.69) is 0 Å². The minimum absolute atomic E-state index is 0.305. The summed E-state index contributed by atoms with van der Waals surface area (Å²) >= 11 is 0. The zero-order valence-corrected chi connectivity index (χ0v) is 9.42. The molecule has 1 fully saturated rings. The van der Waals surface area contributed by atoms with E-state index in [0.29, 0.717) is 24.0 Å². The first-order chi connectivity index (χ1) is 6.64. The van der Waals surface area contributed by atoms with Crippen LogP contribution in [0.2, 0.25) is 0 Å². The third-order valence-electron chi connectivity index (χ3n) is 2.43. The lowest BCUT2D eigenvalue weighted by atomic mass is 10.0. The van der Waals surface area contributed by atoms with Gasteiger partial charge in [-0.3, -0.25) is 0 Å². The van der Waals surface area contributed by atoms with Crippen LogP contribution in [0.5, 0.6) is 0 Å². The highest BCUT2D eigenvalue weighted by molar-refractivity contribution is 7.91. The van der Waals surface area contributed by atoms with E-state index >= 15 is 0 Å². The van der Waals surface area contributed by atoms with Gasteiger partial charge in [-0.05, 0) is 32.1 Å². The fraction of sp³-hybridized carbons (Fsp3) is 0.800. The summed E-state index contributed by atoms with van der Waals surface area (Å²) in [5.41, 5.74) is 0. The van der Waals surface area contributed by atoms with Gasteiger partial charge in [0, 0.05) is 0 Å². The molecule has 0 N–H and O–H groups in total. The van der Waals surface area contributed by atoms with Gasteiger partial charge in [0.05, 0.1) is 24.4 Å². The molecule has 1 heterocycles. The molecule has 0 amide bonds. The highest BCUT2D eigenvalue weighted by atomic mass is 32.2. The maximum atomic E-state index is 11.3. The molecule has 4 heteroatoms. The average molecular weight is 218 g/mol. The van der Waals surface area contributed by atoms with Crippen molar-refractivity contribution in [1.82, 2.24) is 0 Å². The Morgan fingerprint density at radius 1 is 1.50 bits per heavy atom. The fourth-order valence-electron chi connectivity index (χ4n) is 1.74. The SMILES string of the molecule is C/C=C/OCCC1CCCS(=O)(=O)C1. The first-order valence-corrected chi connectivity index (χ1v) is 6.89. The van der Waals surface area contributed by atoms with E-state index in [9.17, 15) is 8.42 Å². The van der Waals surface area contributed by atoms with E-state index < -0.39 is 9.84 Å². The van der Waals surface area contributed by atoms with E-state index in [1.807, 2.05) is 13.0 Å². The Balaban J connectivity index is 2.25. The van der Waals surface area contributed by atoms with Crippen LogP contribution in [0, 0.1) is 5.92 Å². The van der Waals surface area contributed by atoms with E-state index in [1.54, 1.807) is 6.26 Å². The lowest BCUT2D eigenvalue weighted by Gasteiger charge is -2.21. The number of rotatable bonds is 4. The van der Waals surface area contributed by atoms with Gasteiger partial charge in [-0.25, -0.2) is 8.42 Å². The second kappa shape index (κ2) is 5.39. The van der Waals surface area contributed by atoms with Crippen LogP contribution < -0.4 is 0 Å². The Morgan fingerprint density at radius 2 is 2.29 bits per heavy atom. The maximum Gasteiger partial charge on any atom is 0.150 e. The van der Waals surface area contributed by atoms with E-state index in [0.717, 1.165) is 19.3 Å². The number of sulfone groups is 1. The zero-order chi connectivity index (χ0) is 10.4. The van der Waals surface area contributed by atoms with Crippen molar-refractivity contribution in [2.45, 2.75) is 26.2 Å². The van der Waals surface area contributed by atoms with Crippen molar-refractivity contribution in [3.05, 3.63) is 12.3 Å². The van der Waals surface area contributed by atoms with Gasteiger partial charge in [-0.1, -0.05) is 6.08 Å². The molecule has 0 bridgehead atoms. The molecule has 1 aliphatic heterocycles. The Hall–Kier alpha value is -0.510. The van der Waals surface area contributed by atoms with Gasteiger partial charge in [0.1, 0.15) is 0 Å². The zero-order valence-electron chi connectivity index (χ0n) is 8.61. The van der Waals surface area contributed by atoms with E-state index in [-0.39, 0.29) is 0 Å². The van der Waals surface area contributed by atoms with Crippen LogP contribution in [0.4, 0.5) is 0 Å². The average Bonchev–Trinajstić information content (AvgIpc) is 2.11. The molecule has 0 radical (unpaired) electrons. The van der Waals surface area contributed by atoms with Gasteiger partial charge in [-0.15, -0.1) is 0 Å². The van der Waals surface area contributed by atoms with Crippen LogP contribution >= 0.6 is 0 Å². The molecule has 0 aliphatic carbocycles. The molecule has 1 rings (SSSR count). The van der Waals surface area contributed by atoms with Crippen LogP contribution in [0.3, 0.4) is 0 Å². The van der Waals surface area contributed by atoms with Crippen molar-refractivity contribution in [2.75, 3.05) is 18.1 Å². The molecule has 1 unspecified atom stereocenters. The summed E-state index contributed by atoms with van der Waals surface area (Å²) in [6.45, 7) is 2.52.